The highest BCUT2D eigenvalue weighted by Crippen LogP contribution is 2.54. The number of pyridine rings is 2. The Labute approximate surface area is 384 Å². The first kappa shape index (κ1) is 44.1. The first-order valence-electron chi connectivity index (χ1n) is 23.5. The Hall–Kier alpha value is -5.78. The normalized spacial score (nSPS) is 23.2. The van der Waals surface area contributed by atoms with Gasteiger partial charge in [-0.2, -0.15) is 13.4 Å². The third-order valence-electron chi connectivity index (χ3n) is 14.9. The molecule has 4 fully saturated rings. The van der Waals surface area contributed by atoms with Gasteiger partial charge < -0.3 is 29.8 Å². The molecule has 2 aromatic carbocycles. The first-order valence-corrected chi connectivity index (χ1v) is 25.0. The van der Waals surface area contributed by atoms with E-state index in [0.717, 1.165) is 62.5 Å². The SMILES string of the molecule is CC(C)c1ccccc1[C@@H]1CCCN1C1CC2(CCN(c3ccc(C(=O)NS(=O)(=O)c4cc([N+](=O)[O-])c5c(n4)OC[C@H](CC4CCC(O)CC4)N5)c(Oc4cnc5[nH]ccc5c4)c3)CC2)C1. The van der Waals surface area contributed by atoms with E-state index >= 15 is 0 Å². The summed E-state index contributed by atoms with van der Waals surface area (Å²) in [5, 5.41) is 25.5. The lowest BCUT2D eigenvalue weighted by molar-refractivity contribution is -0.384. The minimum absolute atomic E-state index is 0.0131. The summed E-state index contributed by atoms with van der Waals surface area (Å²) in [6.07, 6.45) is 13.6. The van der Waals surface area contributed by atoms with Gasteiger partial charge in [-0.1, -0.05) is 38.1 Å². The molecule has 3 aromatic heterocycles. The van der Waals surface area contributed by atoms with E-state index in [1.54, 1.807) is 30.5 Å². The fraction of sp³-hybridized carbons (Fsp3) is 0.490. The number of fused-ring (bicyclic) bond motifs is 2. The number of H-pyrrole nitrogens is 1. The molecular formula is C49H58N8O8S. The number of nitrogens with one attached hydrogen (secondary N) is 3. The number of nitro groups is 1. The summed E-state index contributed by atoms with van der Waals surface area (Å²) in [6, 6.07) is 19.3. The number of rotatable bonds is 12. The summed E-state index contributed by atoms with van der Waals surface area (Å²) in [5.41, 5.74) is 4.13. The van der Waals surface area contributed by atoms with Crippen molar-refractivity contribution in [3.05, 3.63) is 99.9 Å². The van der Waals surface area contributed by atoms with Crippen LogP contribution in [0.4, 0.5) is 17.1 Å². The van der Waals surface area contributed by atoms with E-state index in [-0.39, 0.29) is 41.6 Å². The maximum absolute atomic E-state index is 14.1. The topological polar surface area (TPSA) is 205 Å². The van der Waals surface area contributed by atoms with Gasteiger partial charge in [0.15, 0.2) is 10.7 Å². The Morgan fingerprint density at radius 3 is 2.61 bits per heavy atom. The molecule has 66 heavy (non-hydrogen) atoms. The molecule has 5 aromatic rings. The zero-order valence-electron chi connectivity index (χ0n) is 37.4. The quantitative estimate of drug-likeness (QED) is 0.0685. The maximum Gasteiger partial charge on any atom is 0.300 e. The number of amides is 1. The third-order valence-corrected chi connectivity index (χ3v) is 16.1. The number of anilines is 2. The molecule has 2 saturated carbocycles. The molecule has 17 heteroatoms. The van der Waals surface area contributed by atoms with Crippen LogP contribution in [0.15, 0.2) is 78.1 Å². The molecule has 5 aliphatic rings. The van der Waals surface area contributed by atoms with E-state index in [2.05, 4.69) is 72.9 Å². The number of sulfonamides is 1. The van der Waals surface area contributed by atoms with E-state index in [4.69, 9.17) is 9.47 Å². The van der Waals surface area contributed by atoms with Gasteiger partial charge in [-0.15, -0.1) is 0 Å². The molecule has 0 radical (unpaired) electrons. The number of benzene rings is 2. The Morgan fingerprint density at radius 1 is 1.05 bits per heavy atom. The molecule has 348 valence electrons. The van der Waals surface area contributed by atoms with Gasteiger partial charge in [-0.3, -0.25) is 19.8 Å². The second-order valence-corrected chi connectivity index (χ2v) is 21.1. The molecule has 0 unspecified atom stereocenters. The molecule has 2 saturated heterocycles. The van der Waals surface area contributed by atoms with Crippen molar-refractivity contribution < 1.29 is 32.7 Å². The van der Waals surface area contributed by atoms with Crippen LogP contribution in [0.5, 0.6) is 17.4 Å². The fourth-order valence-corrected chi connectivity index (χ4v) is 12.3. The average molecular weight is 919 g/mol. The van der Waals surface area contributed by atoms with Gasteiger partial charge in [0.05, 0.1) is 34.9 Å². The van der Waals surface area contributed by atoms with Crippen LogP contribution < -0.4 is 24.4 Å². The average Bonchev–Trinajstić information content (AvgIpc) is 3.99. The Balaban J connectivity index is 0.848. The molecule has 6 heterocycles. The van der Waals surface area contributed by atoms with Crippen LogP contribution in [-0.2, 0) is 10.0 Å². The highest BCUT2D eigenvalue weighted by Gasteiger charge is 2.50. The number of likely N-dealkylation sites (tertiary alicyclic amines) is 1. The van der Waals surface area contributed by atoms with Crippen LogP contribution in [0.25, 0.3) is 11.0 Å². The predicted octanol–water partition coefficient (Wildman–Crippen LogP) is 8.60. The smallest absolute Gasteiger partial charge is 0.300 e. The molecule has 4 N–H and O–H groups in total. The number of aromatic amines is 1. The van der Waals surface area contributed by atoms with Gasteiger partial charge in [0.1, 0.15) is 23.8 Å². The summed E-state index contributed by atoms with van der Waals surface area (Å²) in [4.78, 5) is 42.4. The monoisotopic (exact) mass is 918 g/mol. The largest absolute Gasteiger partial charge is 0.474 e. The molecule has 1 spiro atoms. The van der Waals surface area contributed by atoms with Crippen LogP contribution in [-0.4, -0.2) is 88.6 Å². The van der Waals surface area contributed by atoms with Crippen LogP contribution >= 0.6 is 0 Å². The molecule has 1 amide bonds. The highest BCUT2D eigenvalue weighted by atomic mass is 32.2. The summed E-state index contributed by atoms with van der Waals surface area (Å²) in [5.74, 6) is 0.0397. The van der Waals surface area contributed by atoms with Crippen molar-refractivity contribution in [2.24, 2.45) is 11.3 Å². The van der Waals surface area contributed by atoms with Crippen molar-refractivity contribution in [1.82, 2.24) is 24.6 Å². The Kier molecular flexibility index (Phi) is 11.9. The predicted molar refractivity (Wildman–Crippen MR) is 250 cm³/mol. The Morgan fingerprint density at radius 2 is 1.83 bits per heavy atom. The van der Waals surface area contributed by atoms with E-state index in [9.17, 15) is 28.4 Å². The first-order chi connectivity index (χ1) is 31.8. The van der Waals surface area contributed by atoms with Gasteiger partial charge in [-0.25, -0.2) is 9.71 Å². The number of aromatic nitrogens is 3. The molecule has 2 atom stereocenters. The number of piperidine rings is 1. The van der Waals surface area contributed by atoms with Crippen LogP contribution in [0.1, 0.15) is 118 Å². The molecule has 3 aliphatic heterocycles. The fourth-order valence-electron chi connectivity index (χ4n) is 11.4. The van der Waals surface area contributed by atoms with Gasteiger partial charge >= 0.3 is 5.69 Å². The summed E-state index contributed by atoms with van der Waals surface area (Å²) >= 11 is 0. The number of hydrogen-bond donors (Lipinski definition) is 4. The minimum atomic E-state index is -4.76. The summed E-state index contributed by atoms with van der Waals surface area (Å²) < 4.78 is 42.1. The zero-order chi connectivity index (χ0) is 45.7. The van der Waals surface area contributed by atoms with Gasteiger partial charge in [-0.05, 0) is 130 Å². The number of aliphatic hydroxyl groups is 1. The molecule has 0 bridgehead atoms. The van der Waals surface area contributed by atoms with Crippen molar-refractivity contribution in [3.63, 3.8) is 0 Å². The van der Waals surface area contributed by atoms with Gasteiger partial charge in [0.2, 0.25) is 5.88 Å². The van der Waals surface area contributed by atoms with E-state index in [0.29, 0.717) is 60.0 Å². The second kappa shape index (κ2) is 17.8. The van der Waals surface area contributed by atoms with Crippen molar-refractivity contribution in [3.8, 4) is 17.4 Å². The number of hydrogen-bond acceptors (Lipinski definition) is 13. The molecule has 16 nitrogen and oxygen atoms in total. The zero-order valence-corrected chi connectivity index (χ0v) is 38.3. The number of nitrogens with zero attached hydrogens (tertiary/aromatic N) is 5. The third kappa shape index (κ3) is 8.79. The number of carbonyl (C=O) groups is 1. The molecule has 10 rings (SSSR count). The van der Waals surface area contributed by atoms with Crippen LogP contribution in [0, 0.1) is 21.4 Å². The van der Waals surface area contributed by atoms with Crippen LogP contribution in [0.2, 0.25) is 0 Å². The van der Waals surface area contributed by atoms with Crippen molar-refractivity contribution in [1.29, 1.82) is 0 Å². The lowest BCUT2D eigenvalue weighted by Crippen LogP contribution is -2.54. The van der Waals surface area contributed by atoms with E-state index in [1.165, 1.54) is 43.0 Å². The van der Waals surface area contributed by atoms with Crippen molar-refractivity contribution >= 4 is 44.0 Å². The van der Waals surface area contributed by atoms with Crippen LogP contribution in [0.3, 0.4) is 0 Å². The standard InChI is InChI=1S/C49H58N8O8S/c1-30(2)38-6-3-4-7-39(38)41-8-5-19-56(41)35-26-49(27-35)16-20-55(21-17-49)34-11-14-40(43(24-34)65-37-23-32-15-18-50-46(32)51-28-37)47(59)54-66(62,63)44-25-42(57(60)61)45-48(53-44)64-29-33(52-45)22-31-9-12-36(58)13-10-31/h3-4,6-7,11,14-15,18,23-25,28,30-31,33,35-36,41,52,58H,5,8-10,12-13,16-17,19-22,26-27,29H2,1-2H3,(H,50,51)(H,54,59)/t31?,33-,36?,41-/m0/s1. The summed E-state index contributed by atoms with van der Waals surface area (Å²) in [6.45, 7) is 7.49. The molecule has 2 aliphatic carbocycles. The lowest BCUT2D eigenvalue weighted by Gasteiger charge is -2.56. The van der Waals surface area contributed by atoms with Crippen molar-refractivity contribution in [2.45, 2.75) is 120 Å². The van der Waals surface area contributed by atoms with Gasteiger partial charge in [0.25, 0.3) is 15.9 Å². The lowest BCUT2D eigenvalue weighted by atomic mass is 9.59. The van der Waals surface area contributed by atoms with Crippen molar-refractivity contribution in [2.75, 3.05) is 36.5 Å². The van der Waals surface area contributed by atoms with E-state index in [1.807, 2.05) is 6.07 Å². The number of carbonyl (C=O) groups excluding carboxylic acids is 1. The number of aliphatic hydroxyl groups excluding tert-OH is 1. The van der Waals surface area contributed by atoms with E-state index < -0.39 is 31.6 Å². The molecular weight excluding hydrogens is 861 g/mol. The number of ether oxygens (including phenoxy) is 2. The highest BCUT2D eigenvalue weighted by molar-refractivity contribution is 7.90. The maximum atomic E-state index is 14.1. The minimum Gasteiger partial charge on any atom is -0.474 e. The second-order valence-electron chi connectivity index (χ2n) is 19.5. The van der Waals surface area contributed by atoms with Gasteiger partial charge in [0, 0.05) is 48.5 Å². The summed E-state index contributed by atoms with van der Waals surface area (Å²) in [7, 11) is -4.76. The Bertz CT molecular complexity index is 2740.